The number of nitrogens with one attached hydrogen (secondary N) is 1. The first-order valence-electron chi connectivity index (χ1n) is 19.9. The van der Waals surface area contributed by atoms with Crippen molar-refractivity contribution in [1.29, 1.82) is 0 Å². The smallest absolute Gasteiger partial charge is 0.409 e. The Morgan fingerprint density at radius 2 is 1.40 bits per heavy atom. The van der Waals surface area contributed by atoms with Crippen molar-refractivity contribution in [2.75, 3.05) is 64.8 Å². The third kappa shape index (κ3) is 10.5. The van der Waals surface area contributed by atoms with E-state index in [2.05, 4.69) is 11.4 Å². The normalized spacial score (nSPS) is 19.0. The molecule has 2 aromatic carbocycles. The van der Waals surface area contributed by atoms with E-state index in [4.69, 9.17) is 9.47 Å². The number of carbonyl (C=O) groups excluding carboxylic acids is 5. The fraction of sp³-hybridized carbons (Fsp3) is 0.595. The molecule has 0 aromatic heterocycles. The van der Waals surface area contributed by atoms with Gasteiger partial charge in [-0.05, 0) is 112 Å². The van der Waals surface area contributed by atoms with Crippen LogP contribution in [0.5, 0.6) is 5.75 Å². The first-order valence-corrected chi connectivity index (χ1v) is 19.9. The molecule has 300 valence electrons. The van der Waals surface area contributed by atoms with Gasteiger partial charge in [-0.1, -0.05) is 37.3 Å². The summed E-state index contributed by atoms with van der Waals surface area (Å²) < 4.78 is 9.58. The van der Waals surface area contributed by atoms with E-state index in [0.29, 0.717) is 56.7 Å². The number of piperidine rings is 3. The fourth-order valence-corrected chi connectivity index (χ4v) is 8.63. The number of urea groups is 1. The Hall–Kier alpha value is -4.81. The van der Waals surface area contributed by atoms with E-state index >= 15 is 0 Å². The van der Waals surface area contributed by atoms with Crippen LogP contribution in [0.25, 0.3) is 0 Å². The van der Waals surface area contributed by atoms with Crippen LogP contribution in [-0.2, 0) is 36.7 Å². The van der Waals surface area contributed by atoms with Crippen LogP contribution in [0.15, 0.2) is 36.4 Å². The Morgan fingerprint density at radius 3 is 1.98 bits per heavy atom. The van der Waals surface area contributed by atoms with E-state index < -0.39 is 11.9 Å². The van der Waals surface area contributed by atoms with Gasteiger partial charge in [-0.15, -0.1) is 0 Å². The lowest BCUT2D eigenvalue weighted by Crippen LogP contribution is -2.50. The van der Waals surface area contributed by atoms with Crippen molar-refractivity contribution in [3.05, 3.63) is 58.7 Å². The molecule has 4 aliphatic heterocycles. The number of para-hydroxylation sites is 1. The number of nitrogens with zero attached hydrogens (tertiary/aromatic N) is 4. The predicted octanol–water partition coefficient (Wildman–Crippen LogP) is 5.54. The molecule has 0 saturated carbocycles. The Morgan fingerprint density at radius 1 is 0.836 bits per heavy atom. The van der Waals surface area contributed by atoms with Crippen molar-refractivity contribution < 1.29 is 38.6 Å². The second-order valence-electron chi connectivity index (χ2n) is 15.4. The summed E-state index contributed by atoms with van der Waals surface area (Å²) in [5.74, 6) is 0.253. The van der Waals surface area contributed by atoms with Gasteiger partial charge in [-0.3, -0.25) is 9.59 Å². The van der Waals surface area contributed by atoms with Crippen molar-refractivity contribution in [1.82, 2.24) is 19.6 Å². The van der Waals surface area contributed by atoms with Gasteiger partial charge in [0, 0.05) is 63.5 Å². The molecule has 0 bridgehead atoms. The van der Waals surface area contributed by atoms with Crippen molar-refractivity contribution in [3.8, 4) is 5.75 Å². The molecule has 0 radical (unpaired) electrons. The molecule has 55 heavy (non-hydrogen) atoms. The molecule has 3 saturated heterocycles. The predicted molar refractivity (Wildman–Crippen MR) is 209 cm³/mol. The lowest BCUT2D eigenvalue weighted by atomic mass is 9.78. The average Bonchev–Trinajstić information content (AvgIpc) is 3.37. The quantitative estimate of drug-likeness (QED) is 0.288. The van der Waals surface area contributed by atoms with Gasteiger partial charge in [-0.2, -0.15) is 0 Å². The highest BCUT2D eigenvalue weighted by molar-refractivity contribution is 6.32. The Labute approximate surface area is 325 Å². The van der Waals surface area contributed by atoms with Crippen molar-refractivity contribution in [2.45, 2.75) is 85.1 Å². The van der Waals surface area contributed by atoms with Crippen LogP contribution in [0.2, 0.25) is 0 Å². The summed E-state index contributed by atoms with van der Waals surface area (Å²) in [5, 5.41) is 13.0. The highest BCUT2D eigenvalue weighted by atomic mass is 16.5. The monoisotopic (exact) mass is 761 g/mol. The molecule has 2 aromatic rings. The lowest BCUT2D eigenvalue weighted by Gasteiger charge is -2.40. The molecule has 4 aliphatic rings. The Bertz CT molecular complexity index is 1650. The minimum absolute atomic E-state index is 0.0403. The minimum Gasteiger partial charge on any atom is -0.507 e. The summed E-state index contributed by atoms with van der Waals surface area (Å²) in [6, 6.07) is 12.0. The van der Waals surface area contributed by atoms with Crippen molar-refractivity contribution in [2.24, 2.45) is 17.8 Å². The molecule has 0 aliphatic carbocycles. The van der Waals surface area contributed by atoms with Gasteiger partial charge >= 0.3 is 24.0 Å². The number of methoxy groups -OCH3 is 1. The van der Waals surface area contributed by atoms with Crippen LogP contribution in [0.1, 0.15) is 74.6 Å². The minimum atomic E-state index is -0.755. The van der Waals surface area contributed by atoms with Crippen molar-refractivity contribution >= 4 is 35.6 Å². The molecule has 4 heterocycles. The van der Waals surface area contributed by atoms with E-state index in [1.807, 2.05) is 60.9 Å². The number of carbonyl (C=O) groups is 5. The number of rotatable bonds is 6. The molecule has 5 amide bonds. The number of hydrogen-bond donors (Lipinski definition) is 2. The number of fused-ring (bicyclic) bond motifs is 1. The summed E-state index contributed by atoms with van der Waals surface area (Å²) in [4.78, 5) is 68.1. The van der Waals surface area contributed by atoms with Crippen LogP contribution in [0.3, 0.4) is 0 Å². The van der Waals surface area contributed by atoms with Crippen LogP contribution in [0.4, 0.5) is 15.3 Å². The van der Waals surface area contributed by atoms with Gasteiger partial charge in [0.1, 0.15) is 5.75 Å². The number of hydrogen-bond acceptors (Lipinski definition) is 8. The first-order chi connectivity index (χ1) is 26.4. The van der Waals surface area contributed by atoms with E-state index in [-0.39, 0.29) is 36.6 Å². The topological polar surface area (TPSA) is 149 Å². The van der Waals surface area contributed by atoms with Crippen molar-refractivity contribution in [3.63, 3.8) is 0 Å². The lowest BCUT2D eigenvalue weighted by molar-refractivity contribution is -0.160. The molecular formula is C42H59N5O8. The third-order valence-corrected chi connectivity index (χ3v) is 11.8. The second kappa shape index (κ2) is 19.2. The molecule has 2 N–H and O–H groups in total. The molecule has 0 spiro atoms. The SMILES string of the molecule is CCOC(=O)C(=O)N1CCC(C2CCN(C(=O)[C@H](C)Cc3cc(C)c(O)c(C)c3)CC2)CC1.COC(=O)N1CCC(N2CCc3ccccc3NC2=O)CC1. The van der Waals surface area contributed by atoms with E-state index in [1.165, 1.54) is 12.7 Å². The van der Waals surface area contributed by atoms with Gasteiger partial charge in [-0.25, -0.2) is 14.4 Å². The summed E-state index contributed by atoms with van der Waals surface area (Å²) in [6.45, 7) is 12.4. The highest BCUT2D eigenvalue weighted by Crippen LogP contribution is 2.33. The number of anilines is 1. The fourth-order valence-electron chi connectivity index (χ4n) is 8.63. The molecule has 13 heteroatoms. The van der Waals surface area contributed by atoms with Crippen LogP contribution in [0, 0.1) is 31.6 Å². The van der Waals surface area contributed by atoms with E-state index in [1.54, 1.807) is 16.7 Å². The standard InChI is InChI=1S/C26H38N2O5.C16H21N3O3/c1-5-33-26(32)25(31)28-12-8-22(9-13-28)21-6-10-27(11-7-21)24(30)19(4)16-20-14-17(2)23(29)18(3)15-20;1-22-16(21)18-9-7-13(8-10-18)19-11-6-12-4-2-3-5-14(12)17-15(19)20/h14-15,19,21-22,29H,5-13,16H2,1-4H3;2-5,13H,6-11H2,1H3,(H,17,20)/t19-;/m1./s1. The molecule has 0 unspecified atom stereocenters. The number of benzene rings is 2. The van der Waals surface area contributed by atoms with Crippen LogP contribution >= 0.6 is 0 Å². The van der Waals surface area contributed by atoms with Gasteiger partial charge in [0.2, 0.25) is 5.91 Å². The van der Waals surface area contributed by atoms with E-state index in [0.717, 1.165) is 80.4 Å². The van der Waals surface area contributed by atoms with Crippen LogP contribution < -0.4 is 5.32 Å². The molecule has 1 atom stereocenters. The molecule has 3 fully saturated rings. The van der Waals surface area contributed by atoms with Gasteiger partial charge in [0.05, 0.1) is 13.7 Å². The van der Waals surface area contributed by atoms with Gasteiger partial charge in [0.25, 0.3) is 0 Å². The summed E-state index contributed by atoms with van der Waals surface area (Å²) >= 11 is 0. The summed E-state index contributed by atoms with van der Waals surface area (Å²) in [7, 11) is 1.40. The van der Waals surface area contributed by atoms with Gasteiger partial charge < -0.3 is 39.5 Å². The number of esters is 1. The maximum absolute atomic E-state index is 13.0. The zero-order valence-electron chi connectivity index (χ0n) is 33.2. The average molecular weight is 762 g/mol. The number of aromatic hydroxyl groups is 1. The maximum Gasteiger partial charge on any atom is 0.409 e. The van der Waals surface area contributed by atoms with E-state index in [9.17, 15) is 29.1 Å². The zero-order valence-corrected chi connectivity index (χ0v) is 33.2. The highest BCUT2D eigenvalue weighted by Gasteiger charge is 2.35. The molecular weight excluding hydrogens is 702 g/mol. The number of amides is 5. The summed E-state index contributed by atoms with van der Waals surface area (Å²) in [5.41, 5.74) is 4.86. The maximum atomic E-state index is 13.0. The Kier molecular flexibility index (Phi) is 14.4. The third-order valence-electron chi connectivity index (χ3n) is 11.8. The van der Waals surface area contributed by atoms with Gasteiger partial charge in [0.15, 0.2) is 0 Å². The molecule has 6 rings (SSSR count). The zero-order chi connectivity index (χ0) is 39.6. The number of ether oxygens (including phenoxy) is 2. The second-order valence-corrected chi connectivity index (χ2v) is 15.4. The number of likely N-dealkylation sites (tertiary alicyclic amines) is 3. The number of aryl methyl sites for hydroxylation is 2. The molecule has 13 nitrogen and oxygen atoms in total. The van der Waals surface area contributed by atoms with Crippen LogP contribution in [-0.4, -0.2) is 120 Å². The largest absolute Gasteiger partial charge is 0.507 e. The Balaban J connectivity index is 0.000000228. The summed E-state index contributed by atoms with van der Waals surface area (Å²) in [6.07, 6.45) is 6.61. The number of phenols is 1. The number of phenolic OH excluding ortho intramolecular Hbond substituents is 1. The first kappa shape index (κ1) is 41.4.